The molecule has 0 bridgehead atoms. The third-order valence-corrected chi connectivity index (χ3v) is 5.38. The van der Waals surface area contributed by atoms with Crippen LogP contribution in [0.3, 0.4) is 0 Å². The van der Waals surface area contributed by atoms with Crippen LogP contribution in [0.25, 0.3) is 10.2 Å². The number of hydrogen-bond acceptors (Lipinski definition) is 5. The highest BCUT2D eigenvalue weighted by Gasteiger charge is 2.34. The fourth-order valence-electron chi connectivity index (χ4n) is 3.24. The zero-order valence-electron chi connectivity index (χ0n) is 13.3. The molecule has 24 heavy (non-hydrogen) atoms. The van der Waals surface area contributed by atoms with E-state index in [0.717, 1.165) is 37.7 Å². The van der Waals surface area contributed by atoms with Crippen molar-refractivity contribution in [3.05, 3.63) is 69.6 Å². The van der Waals surface area contributed by atoms with Crippen LogP contribution in [0, 0.1) is 25.2 Å². The molecule has 1 aliphatic rings. The molecule has 2 N–H and O–H groups in total. The van der Waals surface area contributed by atoms with Gasteiger partial charge in [0.2, 0.25) is 5.88 Å². The lowest BCUT2D eigenvalue weighted by atomic mass is 9.88. The third-order valence-electron chi connectivity index (χ3n) is 4.25. The summed E-state index contributed by atoms with van der Waals surface area (Å²) in [6, 6.07) is 14.2. The standard InChI is InChI=1S/C19H15N3OS/c1-10-8-11(2)22-19-14(10)16-17(24-19)15(12-6-4-3-5-7-12)13(9-20)18(21)23-16/h3-8,15H,21H2,1-2H3/t15-/m1/s1. The predicted octanol–water partition coefficient (Wildman–Crippen LogP) is 4.13. The van der Waals surface area contributed by atoms with Crippen LogP contribution in [-0.4, -0.2) is 4.98 Å². The zero-order chi connectivity index (χ0) is 16.8. The van der Waals surface area contributed by atoms with Gasteiger partial charge in [-0.25, -0.2) is 4.98 Å². The molecule has 1 aromatic carbocycles. The van der Waals surface area contributed by atoms with Crippen LogP contribution in [0.5, 0.6) is 5.75 Å². The van der Waals surface area contributed by atoms with Gasteiger partial charge in [0.15, 0.2) is 5.75 Å². The first-order valence-electron chi connectivity index (χ1n) is 7.63. The average molecular weight is 333 g/mol. The molecule has 5 heteroatoms. The molecule has 118 valence electrons. The van der Waals surface area contributed by atoms with Crippen LogP contribution in [0.4, 0.5) is 0 Å². The molecule has 0 spiro atoms. The Morgan fingerprint density at radius 2 is 2.00 bits per heavy atom. The molecule has 3 aromatic rings. The summed E-state index contributed by atoms with van der Waals surface area (Å²) in [6.45, 7) is 4.03. The summed E-state index contributed by atoms with van der Waals surface area (Å²) in [4.78, 5) is 6.55. The molecule has 4 nitrogen and oxygen atoms in total. The molecule has 0 amide bonds. The van der Waals surface area contributed by atoms with Gasteiger partial charge in [-0.05, 0) is 31.0 Å². The number of nitrogens with zero attached hydrogens (tertiary/aromatic N) is 2. The lowest BCUT2D eigenvalue weighted by Gasteiger charge is -2.23. The van der Waals surface area contributed by atoms with Crippen LogP contribution in [0.15, 0.2) is 47.9 Å². The minimum Gasteiger partial charge on any atom is -0.439 e. The quantitative estimate of drug-likeness (QED) is 0.727. The number of aromatic nitrogens is 1. The maximum absolute atomic E-state index is 9.61. The van der Waals surface area contributed by atoms with Crippen molar-refractivity contribution in [3.8, 4) is 11.8 Å². The molecule has 1 atom stereocenters. The molecule has 0 fully saturated rings. The number of ether oxygens (including phenoxy) is 1. The second-order valence-electron chi connectivity index (χ2n) is 5.89. The number of nitrogens with two attached hydrogens (primary N) is 1. The first kappa shape index (κ1) is 14.7. The Balaban J connectivity index is 2.05. The van der Waals surface area contributed by atoms with Crippen molar-refractivity contribution in [2.45, 2.75) is 19.8 Å². The van der Waals surface area contributed by atoms with Crippen molar-refractivity contribution in [1.29, 1.82) is 5.26 Å². The summed E-state index contributed by atoms with van der Waals surface area (Å²) in [5.74, 6) is 0.711. The topological polar surface area (TPSA) is 71.9 Å². The Kier molecular flexibility index (Phi) is 3.29. The van der Waals surface area contributed by atoms with Crippen molar-refractivity contribution in [2.75, 3.05) is 0 Å². The molecule has 0 unspecified atom stereocenters. The summed E-state index contributed by atoms with van der Waals surface area (Å²) < 4.78 is 5.87. The first-order valence-corrected chi connectivity index (χ1v) is 8.45. The fourth-order valence-corrected chi connectivity index (χ4v) is 4.60. The second kappa shape index (κ2) is 5.36. The monoisotopic (exact) mass is 333 g/mol. The number of pyridine rings is 1. The van der Waals surface area contributed by atoms with Crippen molar-refractivity contribution in [3.63, 3.8) is 0 Å². The number of fused-ring (bicyclic) bond motifs is 3. The number of thiophene rings is 1. The van der Waals surface area contributed by atoms with Gasteiger partial charge in [0.1, 0.15) is 16.5 Å². The van der Waals surface area contributed by atoms with E-state index in [2.05, 4.69) is 11.1 Å². The second-order valence-corrected chi connectivity index (χ2v) is 6.92. The summed E-state index contributed by atoms with van der Waals surface area (Å²) in [7, 11) is 0. The third kappa shape index (κ3) is 2.08. The van der Waals surface area contributed by atoms with E-state index < -0.39 is 0 Å². The van der Waals surface area contributed by atoms with Crippen LogP contribution < -0.4 is 10.5 Å². The Labute approximate surface area is 143 Å². The maximum atomic E-state index is 9.61. The highest BCUT2D eigenvalue weighted by Crippen LogP contribution is 2.50. The van der Waals surface area contributed by atoms with Gasteiger partial charge in [0.25, 0.3) is 0 Å². The highest BCUT2D eigenvalue weighted by molar-refractivity contribution is 7.19. The summed E-state index contributed by atoms with van der Waals surface area (Å²) in [5.41, 5.74) is 9.64. The lowest BCUT2D eigenvalue weighted by molar-refractivity contribution is 0.401. The van der Waals surface area contributed by atoms with Gasteiger partial charge in [-0.15, -0.1) is 11.3 Å². The van der Waals surface area contributed by atoms with Crippen LogP contribution in [0.2, 0.25) is 0 Å². The molecule has 1 aliphatic heterocycles. The first-order chi connectivity index (χ1) is 11.6. The van der Waals surface area contributed by atoms with Crippen LogP contribution >= 0.6 is 11.3 Å². The zero-order valence-corrected chi connectivity index (χ0v) is 14.1. The van der Waals surface area contributed by atoms with Crippen LogP contribution in [0.1, 0.15) is 27.6 Å². The SMILES string of the molecule is Cc1cc(C)c2c3c(sc2n1)[C@H](c1ccccc1)C(C#N)=C(N)O3. The fraction of sp³-hybridized carbons (Fsp3) is 0.158. The van der Waals surface area contributed by atoms with Crippen LogP contribution in [-0.2, 0) is 0 Å². The number of allylic oxidation sites excluding steroid dienone is 1. The average Bonchev–Trinajstić information content (AvgIpc) is 2.92. The van der Waals surface area contributed by atoms with Gasteiger partial charge in [0.05, 0.1) is 16.2 Å². The number of aryl methyl sites for hydroxylation is 2. The molecule has 0 saturated heterocycles. The molecule has 3 heterocycles. The van der Waals surface area contributed by atoms with Crippen molar-refractivity contribution < 1.29 is 4.74 Å². The van der Waals surface area contributed by atoms with Gasteiger partial charge >= 0.3 is 0 Å². The van der Waals surface area contributed by atoms with Gasteiger partial charge in [-0.3, -0.25) is 0 Å². The van der Waals surface area contributed by atoms with Gasteiger partial charge in [-0.1, -0.05) is 30.3 Å². The van der Waals surface area contributed by atoms with Gasteiger partial charge < -0.3 is 10.5 Å². The molecular weight excluding hydrogens is 318 g/mol. The van der Waals surface area contributed by atoms with E-state index in [9.17, 15) is 5.26 Å². The maximum Gasteiger partial charge on any atom is 0.205 e. The summed E-state index contributed by atoms with van der Waals surface area (Å²) >= 11 is 1.58. The van der Waals surface area contributed by atoms with Crippen molar-refractivity contribution in [1.82, 2.24) is 4.98 Å². The highest BCUT2D eigenvalue weighted by atomic mass is 32.1. The number of nitriles is 1. The Bertz CT molecular complexity index is 1030. The molecule has 2 aromatic heterocycles. The van der Waals surface area contributed by atoms with Crippen molar-refractivity contribution >= 4 is 21.6 Å². The summed E-state index contributed by atoms with van der Waals surface area (Å²) in [5, 5.41) is 10.6. The van der Waals surface area contributed by atoms with Gasteiger partial charge in [-0.2, -0.15) is 5.26 Å². The van der Waals surface area contributed by atoms with Gasteiger partial charge in [0, 0.05) is 5.69 Å². The van der Waals surface area contributed by atoms with E-state index in [1.165, 1.54) is 0 Å². The summed E-state index contributed by atoms with van der Waals surface area (Å²) in [6.07, 6.45) is 0. The van der Waals surface area contributed by atoms with E-state index >= 15 is 0 Å². The minimum atomic E-state index is -0.209. The molecule has 0 aliphatic carbocycles. The van der Waals surface area contributed by atoms with E-state index in [4.69, 9.17) is 10.5 Å². The Morgan fingerprint density at radius 3 is 2.71 bits per heavy atom. The van der Waals surface area contributed by atoms with Crippen molar-refractivity contribution in [2.24, 2.45) is 5.73 Å². The van der Waals surface area contributed by atoms with E-state index in [-0.39, 0.29) is 11.8 Å². The number of benzene rings is 1. The normalized spacial score (nSPS) is 16.6. The van der Waals surface area contributed by atoms with E-state index in [1.54, 1.807) is 11.3 Å². The van der Waals surface area contributed by atoms with E-state index in [1.807, 2.05) is 50.2 Å². The molecular formula is C19H15N3OS. The Hall–Kier alpha value is -2.84. The largest absolute Gasteiger partial charge is 0.439 e. The Morgan fingerprint density at radius 1 is 1.25 bits per heavy atom. The predicted molar refractivity (Wildman–Crippen MR) is 94.8 cm³/mol. The lowest BCUT2D eigenvalue weighted by Crippen LogP contribution is -2.19. The molecule has 0 saturated carbocycles. The molecule has 0 radical (unpaired) electrons. The minimum absolute atomic E-state index is 0.179. The van der Waals surface area contributed by atoms with E-state index in [0.29, 0.717) is 5.57 Å². The number of rotatable bonds is 1. The molecule has 4 rings (SSSR count). The smallest absolute Gasteiger partial charge is 0.205 e. The number of hydrogen-bond donors (Lipinski definition) is 1.